The summed E-state index contributed by atoms with van der Waals surface area (Å²) in [5.74, 6) is 1.80. The maximum absolute atomic E-state index is 3.54. The Balaban J connectivity index is 2.28. The van der Waals surface area contributed by atoms with E-state index in [9.17, 15) is 0 Å². The van der Waals surface area contributed by atoms with Crippen LogP contribution in [0, 0.1) is 11.8 Å². The van der Waals surface area contributed by atoms with Crippen LogP contribution in [0.25, 0.3) is 0 Å². The minimum atomic E-state index is 0.251. The Labute approximate surface area is 108 Å². The van der Waals surface area contributed by atoms with Crippen LogP contribution in [0.4, 0.5) is 0 Å². The molecule has 1 saturated carbocycles. The Hall–Kier alpha value is -0.300. The van der Waals surface area contributed by atoms with E-state index in [-0.39, 0.29) is 5.54 Å². The zero-order valence-electron chi connectivity index (χ0n) is 12.5. The van der Waals surface area contributed by atoms with Crippen LogP contribution in [0.5, 0.6) is 0 Å². The van der Waals surface area contributed by atoms with Gasteiger partial charge >= 0.3 is 0 Å². The van der Waals surface area contributed by atoms with Crippen molar-refractivity contribution < 1.29 is 0 Å². The molecular weight excluding hydrogens is 206 g/mol. The second-order valence-corrected chi connectivity index (χ2v) is 6.88. The van der Waals surface area contributed by atoms with Gasteiger partial charge in [-0.05, 0) is 65.3 Å². The van der Waals surface area contributed by atoms with Crippen LogP contribution in [0.3, 0.4) is 0 Å². The monoisotopic (exact) mass is 237 g/mol. The van der Waals surface area contributed by atoms with Crippen molar-refractivity contribution in [3.8, 4) is 0 Å². The minimum Gasteiger partial charge on any atom is -0.312 e. The second-order valence-electron chi connectivity index (χ2n) is 6.88. The van der Waals surface area contributed by atoms with Gasteiger partial charge < -0.3 is 5.32 Å². The van der Waals surface area contributed by atoms with Crippen molar-refractivity contribution in [1.82, 2.24) is 5.32 Å². The summed E-state index contributed by atoms with van der Waals surface area (Å²) in [6, 6.07) is 0. The van der Waals surface area contributed by atoms with Gasteiger partial charge in [0.15, 0.2) is 0 Å². The van der Waals surface area contributed by atoms with E-state index < -0.39 is 0 Å². The van der Waals surface area contributed by atoms with E-state index >= 15 is 0 Å². The predicted molar refractivity (Wildman–Crippen MR) is 77.3 cm³/mol. The molecule has 0 heterocycles. The van der Waals surface area contributed by atoms with Crippen molar-refractivity contribution in [2.75, 3.05) is 6.54 Å². The molecule has 0 spiro atoms. The molecule has 0 bridgehead atoms. The first kappa shape index (κ1) is 14.8. The van der Waals surface area contributed by atoms with Gasteiger partial charge in [-0.2, -0.15) is 0 Å². The van der Waals surface area contributed by atoms with Crippen molar-refractivity contribution in [1.29, 1.82) is 0 Å². The molecule has 0 aromatic heterocycles. The Kier molecular flexibility index (Phi) is 5.72. The Bertz CT molecular complexity index is 247. The van der Waals surface area contributed by atoms with Gasteiger partial charge in [0.25, 0.3) is 0 Å². The zero-order chi connectivity index (χ0) is 12.9. The van der Waals surface area contributed by atoms with Crippen LogP contribution in [-0.4, -0.2) is 12.1 Å². The first-order chi connectivity index (χ1) is 7.88. The SMILES string of the molecule is CC(=CCCNC(C)(C)C)C1CCCC(C)C1. The van der Waals surface area contributed by atoms with Gasteiger partial charge in [-0.1, -0.05) is 31.4 Å². The second kappa shape index (κ2) is 6.58. The molecule has 1 nitrogen and oxygen atoms in total. The van der Waals surface area contributed by atoms with Crippen molar-refractivity contribution in [3.63, 3.8) is 0 Å². The fourth-order valence-electron chi connectivity index (χ4n) is 2.76. The van der Waals surface area contributed by atoms with Gasteiger partial charge in [-0.3, -0.25) is 0 Å². The van der Waals surface area contributed by atoms with E-state index in [1.165, 1.54) is 32.1 Å². The third-order valence-corrected chi connectivity index (χ3v) is 3.85. The topological polar surface area (TPSA) is 12.0 Å². The zero-order valence-corrected chi connectivity index (χ0v) is 12.5. The summed E-state index contributed by atoms with van der Waals surface area (Å²) in [5, 5.41) is 3.54. The minimum absolute atomic E-state index is 0.251. The van der Waals surface area contributed by atoms with E-state index in [2.05, 4.69) is 46.0 Å². The molecule has 0 aromatic rings. The summed E-state index contributed by atoms with van der Waals surface area (Å²) in [7, 11) is 0. The van der Waals surface area contributed by atoms with Crippen molar-refractivity contribution in [3.05, 3.63) is 11.6 Å². The fraction of sp³-hybridized carbons (Fsp3) is 0.875. The predicted octanol–water partition coefficient (Wildman–Crippen LogP) is 4.54. The third-order valence-electron chi connectivity index (χ3n) is 3.85. The van der Waals surface area contributed by atoms with E-state index in [0.717, 1.165) is 18.4 Å². The van der Waals surface area contributed by atoms with Crippen molar-refractivity contribution >= 4 is 0 Å². The molecule has 2 atom stereocenters. The lowest BCUT2D eigenvalue weighted by Crippen LogP contribution is -2.36. The molecule has 17 heavy (non-hydrogen) atoms. The molecule has 0 amide bonds. The smallest absolute Gasteiger partial charge is 0.00966 e. The highest BCUT2D eigenvalue weighted by Crippen LogP contribution is 2.33. The van der Waals surface area contributed by atoms with E-state index in [0.29, 0.717) is 0 Å². The number of hydrogen-bond acceptors (Lipinski definition) is 1. The van der Waals surface area contributed by atoms with Crippen LogP contribution in [0.2, 0.25) is 0 Å². The summed E-state index contributed by atoms with van der Waals surface area (Å²) in [6.07, 6.45) is 9.33. The maximum Gasteiger partial charge on any atom is 0.00966 e. The van der Waals surface area contributed by atoms with Crippen LogP contribution in [0.15, 0.2) is 11.6 Å². The third kappa shape index (κ3) is 6.26. The van der Waals surface area contributed by atoms with Gasteiger partial charge in [-0.15, -0.1) is 0 Å². The van der Waals surface area contributed by atoms with Crippen LogP contribution >= 0.6 is 0 Å². The van der Waals surface area contributed by atoms with Crippen LogP contribution in [-0.2, 0) is 0 Å². The number of nitrogens with one attached hydrogen (secondary N) is 1. The molecule has 0 aliphatic heterocycles. The maximum atomic E-state index is 3.54. The average molecular weight is 237 g/mol. The fourth-order valence-corrected chi connectivity index (χ4v) is 2.76. The van der Waals surface area contributed by atoms with Crippen molar-refractivity contribution in [2.45, 2.75) is 72.3 Å². The molecular formula is C16H31N. The van der Waals surface area contributed by atoms with E-state index in [4.69, 9.17) is 0 Å². The lowest BCUT2D eigenvalue weighted by molar-refractivity contribution is 0.313. The molecule has 0 aromatic carbocycles. The van der Waals surface area contributed by atoms with E-state index in [1.807, 2.05) is 0 Å². The molecule has 0 saturated heterocycles. The van der Waals surface area contributed by atoms with Gasteiger partial charge in [0.2, 0.25) is 0 Å². The van der Waals surface area contributed by atoms with Crippen LogP contribution in [0.1, 0.15) is 66.7 Å². The number of rotatable bonds is 4. The molecule has 1 N–H and O–H groups in total. The van der Waals surface area contributed by atoms with E-state index in [1.54, 1.807) is 5.57 Å². The van der Waals surface area contributed by atoms with Crippen molar-refractivity contribution in [2.24, 2.45) is 11.8 Å². The molecule has 100 valence electrons. The highest BCUT2D eigenvalue weighted by Gasteiger charge is 2.19. The standard InChI is InChI=1S/C16H31N/c1-13-8-6-10-15(12-13)14(2)9-7-11-17-16(3,4)5/h9,13,15,17H,6-8,10-12H2,1-5H3. The summed E-state index contributed by atoms with van der Waals surface area (Å²) < 4.78 is 0. The molecule has 0 radical (unpaired) electrons. The van der Waals surface area contributed by atoms with Gasteiger partial charge in [-0.25, -0.2) is 0 Å². The lowest BCUT2D eigenvalue weighted by atomic mass is 9.79. The molecule has 1 fully saturated rings. The molecule has 1 aliphatic carbocycles. The quantitative estimate of drug-likeness (QED) is 0.559. The average Bonchev–Trinajstić information content (AvgIpc) is 2.23. The molecule has 1 rings (SSSR count). The molecule has 1 heteroatoms. The molecule has 1 aliphatic rings. The summed E-state index contributed by atoms with van der Waals surface area (Å²) in [6.45, 7) is 12.5. The Morgan fingerprint density at radius 3 is 2.59 bits per heavy atom. The molecule has 2 unspecified atom stereocenters. The normalized spacial score (nSPS) is 27.2. The van der Waals surface area contributed by atoms with Gasteiger partial charge in [0.1, 0.15) is 0 Å². The largest absolute Gasteiger partial charge is 0.312 e. The Morgan fingerprint density at radius 2 is 2.00 bits per heavy atom. The number of allylic oxidation sites excluding steroid dienone is 1. The highest BCUT2D eigenvalue weighted by molar-refractivity contribution is 5.05. The van der Waals surface area contributed by atoms with Gasteiger partial charge in [0.05, 0.1) is 0 Å². The lowest BCUT2D eigenvalue weighted by Gasteiger charge is -2.27. The highest BCUT2D eigenvalue weighted by atomic mass is 14.9. The Morgan fingerprint density at radius 1 is 1.29 bits per heavy atom. The number of hydrogen-bond donors (Lipinski definition) is 1. The summed E-state index contributed by atoms with van der Waals surface area (Å²) in [4.78, 5) is 0. The van der Waals surface area contributed by atoms with Gasteiger partial charge in [0, 0.05) is 5.54 Å². The summed E-state index contributed by atoms with van der Waals surface area (Å²) >= 11 is 0. The van der Waals surface area contributed by atoms with Crippen LogP contribution < -0.4 is 5.32 Å². The first-order valence-electron chi connectivity index (χ1n) is 7.30. The summed E-state index contributed by atoms with van der Waals surface area (Å²) in [5.41, 5.74) is 1.88. The first-order valence-corrected chi connectivity index (χ1v) is 7.30.